The number of nitrogens with one attached hydrogen (secondary N) is 1. The second kappa shape index (κ2) is 10.6. The number of amides is 1. The summed E-state index contributed by atoms with van der Waals surface area (Å²) in [5.41, 5.74) is 0.769. The number of hydrogen-bond acceptors (Lipinski definition) is 4. The van der Waals surface area contributed by atoms with E-state index in [1.807, 2.05) is 11.0 Å². The topological polar surface area (TPSA) is 66.4 Å². The molecule has 3 fully saturated rings. The van der Waals surface area contributed by atoms with Crippen molar-refractivity contribution < 1.29 is 18.7 Å². The van der Waals surface area contributed by atoms with Crippen LogP contribution in [0.1, 0.15) is 38.2 Å². The molecule has 1 atom stereocenters. The molecule has 0 aliphatic carbocycles. The summed E-state index contributed by atoms with van der Waals surface area (Å²) in [5.74, 6) is 0.770. The number of benzene rings is 1. The lowest BCUT2D eigenvalue weighted by atomic mass is 9.74. The van der Waals surface area contributed by atoms with Crippen molar-refractivity contribution in [1.82, 2.24) is 15.1 Å². The van der Waals surface area contributed by atoms with Crippen molar-refractivity contribution in [2.45, 2.75) is 44.1 Å². The smallest absolute Gasteiger partial charge is 0.251 e. The van der Waals surface area contributed by atoms with E-state index in [9.17, 15) is 9.18 Å². The van der Waals surface area contributed by atoms with Gasteiger partial charge >= 0.3 is 0 Å². The molecule has 1 N–H and O–H groups in total. The van der Waals surface area contributed by atoms with Crippen molar-refractivity contribution in [3.8, 4) is 0 Å². The van der Waals surface area contributed by atoms with Crippen LogP contribution in [0.25, 0.3) is 0 Å². The highest BCUT2D eigenvalue weighted by molar-refractivity contribution is 5.83. The summed E-state index contributed by atoms with van der Waals surface area (Å²) in [6, 6.07) is 6.91. The number of halogens is 1. The van der Waals surface area contributed by atoms with Gasteiger partial charge < -0.3 is 24.6 Å². The van der Waals surface area contributed by atoms with E-state index in [1.165, 1.54) is 6.07 Å². The molecule has 3 heterocycles. The third kappa shape index (κ3) is 5.23. The van der Waals surface area contributed by atoms with Crippen molar-refractivity contribution in [1.29, 1.82) is 0 Å². The maximum Gasteiger partial charge on any atom is 0.251 e. The second-order valence-electron chi connectivity index (χ2n) is 8.89. The molecule has 0 bridgehead atoms. The molecule has 1 aromatic carbocycles. The van der Waals surface area contributed by atoms with E-state index in [1.54, 1.807) is 12.1 Å². The van der Waals surface area contributed by atoms with Gasteiger partial charge in [0, 0.05) is 58.0 Å². The summed E-state index contributed by atoms with van der Waals surface area (Å²) in [5, 5.41) is 3.41. The van der Waals surface area contributed by atoms with E-state index in [-0.39, 0.29) is 23.2 Å². The quantitative estimate of drug-likeness (QED) is 0.555. The summed E-state index contributed by atoms with van der Waals surface area (Å²) in [4.78, 5) is 21.8. The number of carbonyl (C=O) groups excluding carboxylic acids is 1. The predicted molar refractivity (Wildman–Crippen MR) is 121 cm³/mol. The molecule has 1 aromatic rings. The molecule has 8 heteroatoms. The lowest BCUT2D eigenvalue weighted by Crippen LogP contribution is -2.55. The molecule has 0 aromatic heterocycles. The Hall–Kier alpha value is -2.19. The van der Waals surface area contributed by atoms with Crippen LogP contribution in [0.15, 0.2) is 29.3 Å². The molecule has 4 rings (SSSR count). The van der Waals surface area contributed by atoms with Crippen LogP contribution < -0.4 is 5.32 Å². The van der Waals surface area contributed by atoms with E-state index in [0.717, 1.165) is 56.8 Å². The molecular formula is C24H35FN4O3. The lowest BCUT2D eigenvalue weighted by Gasteiger charge is -2.39. The van der Waals surface area contributed by atoms with Gasteiger partial charge in [0.2, 0.25) is 0 Å². The van der Waals surface area contributed by atoms with Crippen molar-refractivity contribution in [3.05, 3.63) is 35.6 Å². The number of carbonyl (C=O) groups is 1. The van der Waals surface area contributed by atoms with Gasteiger partial charge in [0.1, 0.15) is 11.9 Å². The molecule has 0 spiro atoms. The van der Waals surface area contributed by atoms with Gasteiger partial charge in [-0.15, -0.1) is 0 Å². The first kappa shape index (κ1) is 23.0. The molecule has 176 valence electrons. The fraction of sp³-hybridized carbons (Fsp3) is 0.667. The first-order valence-electron chi connectivity index (χ1n) is 11.9. The molecule has 32 heavy (non-hydrogen) atoms. The zero-order valence-corrected chi connectivity index (χ0v) is 19.0. The van der Waals surface area contributed by atoms with E-state index < -0.39 is 0 Å². The van der Waals surface area contributed by atoms with Gasteiger partial charge in [0.15, 0.2) is 5.96 Å². The highest BCUT2D eigenvalue weighted by Crippen LogP contribution is 2.35. The van der Waals surface area contributed by atoms with Crippen LogP contribution in [0, 0.1) is 5.82 Å². The van der Waals surface area contributed by atoms with Gasteiger partial charge in [0.05, 0.1) is 6.54 Å². The molecule has 3 aliphatic rings. The van der Waals surface area contributed by atoms with Crippen LogP contribution in [0.5, 0.6) is 0 Å². The maximum absolute atomic E-state index is 14.0. The number of guanidine groups is 1. The lowest BCUT2D eigenvalue weighted by molar-refractivity contribution is -0.142. The fourth-order valence-corrected chi connectivity index (χ4v) is 4.89. The first-order chi connectivity index (χ1) is 15.6. The van der Waals surface area contributed by atoms with Crippen molar-refractivity contribution in [2.24, 2.45) is 4.99 Å². The normalized spacial score (nSPS) is 23.9. The summed E-state index contributed by atoms with van der Waals surface area (Å²) in [6.45, 7) is 8.23. The molecule has 0 saturated carbocycles. The average Bonchev–Trinajstić information content (AvgIpc) is 3.37. The molecule has 3 aliphatic heterocycles. The van der Waals surface area contributed by atoms with Gasteiger partial charge in [0.25, 0.3) is 5.91 Å². The van der Waals surface area contributed by atoms with Crippen LogP contribution in [-0.2, 0) is 19.7 Å². The Morgan fingerprint density at radius 2 is 1.94 bits per heavy atom. The Kier molecular flexibility index (Phi) is 7.63. The summed E-state index contributed by atoms with van der Waals surface area (Å²) < 4.78 is 25.2. The monoisotopic (exact) mass is 446 g/mol. The Balaban J connectivity index is 1.44. The zero-order chi connectivity index (χ0) is 22.4. The van der Waals surface area contributed by atoms with Crippen LogP contribution in [0.3, 0.4) is 0 Å². The van der Waals surface area contributed by atoms with Gasteiger partial charge in [-0.25, -0.2) is 4.39 Å². The SMILES string of the molecule is CCNC(=NCC1(c2cccc(F)c2)CCOCC1)N1CCN(C(=O)C2CCCO2)CC1. The standard InChI is InChI=1S/C24H35FN4O3/c1-2-26-23(29-12-10-28(11-13-29)22(30)21-7-4-14-32-21)27-18-24(8-15-31-16-9-24)19-5-3-6-20(25)17-19/h3,5-6,17,21H,2,4,7-16,18H2,1H3,(H,26,27). The van der Waals surface area contributed by atoms with E-state index in [0.29, 0.717) is 39.5 Å². The Bertz CT molecular complexity index is 798. The van der Waals surface area contributed by atoms with Gasteiger partial charge in [-0.3, -0.25) is 9.79 Å². The summed E-state index contributed by atoms with van der Waals surface area (Å²) in [6.07, 6.45) is 3.18. The van der Waals surface area contributed by atoms with Crippen LogP contribution in [-0.4, -0.2) is 86.9 Å². The molecule has 7 nitrogen and oxygen atoms in total. The van der Waals surface area contributed by atoms with Crippen molar-refractivity contribution in [2.75, 3.05) is 59.1 Å². The highest BCUT2D eigenvalue weighted by Gasteiger charge is 2.35. The van der Waals surface area contributed by atoms with Gasteiger partial charge in [-0.05, 0) is 50.3 Å². The molecule has 3 saturated heterocycles. The third-order valence-corrected chi connectivity index (χ3v) is 6.85. The minimum atomic E-state index is -0.261. The largest absolute Gasteiger partial charge is 0.381 e. The van der Waals surface area contributed by atoms with Crippen LogP contribution >= 0.6 is 0 Å². The number of ether oxygens (including phenoxy) is 2. The molecule has 0 radical (unpaired) electrons. The summed E-state index contributed by atoms with van der Waals surface area (Å²) in [7, 11) is 0. The van der Waals surface area contributed by atoms with Crippen LogP contribution in [0.4, 0.5) is 4.39 Å². The highest BCUT2D eigenvalue weighted by atomic mass is 19.1. The average molecular weight is 447 g/mol. The molecular weight excluding hydrogens is 411 g/mol. The predicted octanol–water partition coefficient (Wildman–Crippen LogP) is 2.16. The Labute approximate surface area is 190 Å². The van der Waals surface area contributed by atoms with E-state index in [4.69, 9.17) is 14.5 Å². The zero-order valence-electron chi connectivity index (χ0n) is 19.0. The second-order valence-corrected chi connectivity index (χ2v) is 8.89. The Morgan fingerprint density at radius 3 is 2.59 bits per heavy atom. The summed E-state index contributed by atoms with van der Waals surface area (Å²) >= 11 is 0. The van der Waals surface area contributed by atoms with E-state index >= 15 is 0 Å². The van der Waals surface area contributed by atoms with Crippen molar-refractivity contribution >= 4 is 11.9 Å². The van der Waals surface area contributed by atoms with Crippen LogP contribution in [0.2, 0.25) is 0 Å². The number of hydrogen-bond donors (Lipinski definition) is 1. The van der Waals surface area contributed by atoms with E-state index in [2.05, 4.69) is 17.1 Å². The number of nitrogens with zero attached hydrogens (tertiary/aromatic N) is 3. The first-order valence-corrected chi connectivity index (χ1v) is 11.9. The Morgan fingerprint density at radius 1 is 1.19 bits per heavy atom. The minimum Gasteiger partial charge on any atom is -0.381 e. The molecule has 1 amide bonds. The minimum absolute atomic E-state index is 0.122. The van der Waals surface area contributed by atoms with Gasteiger partial charge in [-0.2, -0.15) is 0 Å². The maximum atomic E-state index is 14.0. The number of rotatable bonds is 5. The number of aliphatic imine (C=N–C) groups is 1. The molecule has 1 unspecified atom stereocenters. The van der Waals surface area contributed by atoms with Gasteiger partial charge in [-0.1, -0.05) is 12.1 Å². The number of piperazine rings is 1. The fourth-order valence-electron chi connectivity index (χ4n) is 4.89. The van der Waals surface area contributed by atoms with Crippen molar-refractivity contribution in [3.63, 3.8) is 0 Å². The third-order valence-electron chi connectivity index (χ3n) is 6.85.